The van der Waals surface area contributed by atoms with Crippen LogP contribution in [0.25, 0.3) is 0 Å². The van der Waals surface area contributed by atoms with Crippen molar-refractivity contribution < 1.29 is 19.1 Å². The van der Waals surface area contributed by atoms with Crippen molar-refractivity contribution in [1.82, 2.24) is 15.5 Å². The number of piperazine rings is 1. The number of hydrogen-bond acceptors (Lipinski definition) is 4. The molecule has 2 saturated heterocycles. The van der Waals surface area contributed by atoms with E-state index in [-0.39, 0.29) is 23.8 Å². The molecule has 0 aliphatic carbocycles. The van der Waals surface area contributed by atoms with Crippen molar-refractivity contribution in [3.63, 3.8) is 0 Å². The van der Waals surface area contributed by atoms with Gasteiger partial charge in [-0.15, -0.1) is 0 Å². The molecule has 0 unspecified atom stereocenters. The summed E-state index contributed by atoms with van der Waals surface area (Å²) in [6, 6.07) is 15.1. The lowest BCUT2D eigenvalue weighted by molar-refractivity contribution is -0.147. The maximum absolute atomic E-state index is 12.9. The van der Waals surface area contributed by atoms with Crippen molar-refractivity contribution in [3.05, 3.63) is 65.7 Å². The predicted octanol–water partition coefficient (Wildman–Crippen LogP) is 1.14. The zero-order chi connectivity index (χ0) is 20.4. The van der Waals surface area contributed by atoms with Crippen LogP contribution in [0.1, 0.15) is 22.3 Å². The Kier molecular flexibility index (Phi) is 5.20. The molecule has 2 aliphatic rings. The van der Waals surface area contributed by atoms with Crippen LogP contribution in [0.3, 0.4) is 0 Å². The molecule has 2 fully saturated rings. The average Bonchev–Trinajstić information content (AvgIpc) is 3.17. The van der Waals surface area contributed by atoms with E-state index in [1.165, 1.54) is 0 Å². The monoisotopic (exact) mass is 393 g/mol. The van der Waals surface area contributed by atoms with Gasteiger partial charge in [0.25, 0.3) is 5.91 Å². The van der Waals surface area contributed by atoms with Crippen molar-refractivity contribution in [2.45, 2.75) is 31.0 Å². The van der Waals surface area contributed by atoms with Crippen molar-refractivity contribution >= 4 is 17.7 Å². The molecule has 2 aromatic rings. The summed E-state index contributed by atoms with van der Waals surface area (Å²) < 4.78 is 5.16. The van der Waals surface area contributed by atoms with E-state index in [0.29, 0.717) is 30.7 Å². The van der Waals surface area contributed by atoms with Gasteiger partial charge in [-0.3, -0.25) is 14.4 Å². The Labute approximate surface area is 169 Å². The number of fused-ring (bicyclic) bond motifs is 1. The van der Waals surface area contributed by atoms with E-state index in [9.17, 15) is 14.4 Å². The Morgan fingerprint density at radius 1 is 1.17 bits per heavy atom. The average molecular weight is 393 g/mol. The molecular weight excluding hydrogens is 370 g/mol. The van der Waals surface area contributed by atoms with Gasteiger partial charge >= 0.3 is 0 Å². The van der Waals surface area contributed by atoms with E-state index in [2.05, 4.69) is 10.6 Å². The van der Waals surface area contributed by atoms with Crippen LogP contribution in [0.4, 0.5) is 0 Å². The van der Waals surface area contributed by atoms with Crippen molar-refractivity contribution in [3.8, 4) is 5.75 Å². The Balaban J connectivity index is 1.42. The van der Waals surface area contributed by atoms with Crippen LogP contribution in [0.5, 0.6) is 5.75 Å². The SMILES string of the molecule is COc1cccc(C(=O)N[C@H]2C[C@H]3C(=O)N[C@H](Cc4ccccc4)C(=O)N3C2)c1. The highest BCUT2D eigenvalue weighted by Gasteiger charge is 2.46. The Morgan fingerprint density at radius 3 is 2.72 bits per heavy atom. The van der Waals surface area contributed by atoms with E-state index in [4.69, 9.17) is 4.74 Å². The van der Waals surface area contributed by atoms with Gasteiger partial charge in [-0.25, -0.2) is 0 Å². The van der Waals surface area contributed by atoms with E-state index < -0.39 is 12.1 Å². The zero-order valence-electron chi connectivity index (χ0n) is 16.1. The van der Waals surface area contributed by atoms with Crippen LogP contribution in [-0.4, -0.2) is 54.4 Å². The standard InChI is InChI=1S/C22H23N3O4/c1-29-17-9-5-8-15(11-17)20(26)23-16-12-19-21(27)24-18(22(28)25(19)13-16)10-14-6-3-2-4-7-14/h2-9,11,16,18-19H,10,12-13H2,1H3,(H,23,26)(H,24,27)/t16-,18+,19-/m0/s1. The van der Waals surface area contributed by atoms with Gasteiger partial charge in [0.15, 0.2) is 0 Å². The molecule has 29 heavy (non-hydrogen) atoms. The second-order valence-corrected chi connectivity index (χ2v) is 7.40. The Bertz CT molecular complexity index is 931. The predicted molar refractivity (Wildman–Crippen MR) is 106 cm³/mol. The van der Waals surface area contributed by atoms with Crippen molar-refractivity contribution in [2.75, 3.05) is 13.7 Å². The largest absolute Gasteiger partial charge is 0.497 e. The molecule has 150 valence electrons. The second-order valence-electron chi connectivity index (χ2n) is 7.40. The van der Waals surface area contributed by atoms with Gasteiger partial charge in [-0.1, -0.05) is 36.4 Å². The summed E-state index contributed by atoms with van der Waals surface area (Å²) in [6.07, 6.45) is 0.862. The molecule has 0 aromatic heterocycles. The molecule has 2 heterocycles. The van der Waals surface area contributed by atoms with E-state index in [0.717, 1.165) is 5.56 Å². The maximum Gasteiger partial charge on any atom is 0.251 e. The fraction of sp³-hybridized carbons (Fsp3) is 0.318. The number of nitrogens with zero attached hydrogens (tertiary/aromatic N) is 1. The number of hydrogen-bond donors (Lipinski definition) is 2. The number of ether oxygens (including phenoxy) is 1. The minimum Gasteiger partial charge on any atom is -0.497 e. The molecule has 2 aliphatic heterocycles. The molecule has 2 N–H and O–H groups in total. The summed E-state index contributed by atoms with van der Waals surface area (Å²) >= 11 is 0. The zero-order valence-corrected chi connectivity index (χ0v) is 16.1. The first-order valence-corrected chi connectivity index (χ1v) is 9.65. The van der Waals surface area contributed by atoms with E-state index in [1.54, 1.807) is 36.3 Å². The van der Waals surface area contributed by atoms with E-state index >= 15 is 0 Å². The minimum atomic E-state index is -0.575. The van der Waals surface area contributed by atoms with Gasteiger partial charge in [0.1, 0.15) is 17.8 Å². The number of benzene rings is 2. The summed E-state index contributed by atoms with van der Waals surface area (Å²) in [5, 5.41) is 5.79. The van der Waals surface area contributed by atoms with Crippen LogP contribution < -0.4 is 15.4 Å². The van der Waals surface area contributed by atoms with Gasteiger partial charge < -0.3 is 20.3 Å². The molecule has 0 radical (unpaired) electrons. The quantitative estimate of drug-likeness (QED) is 0.797. The molecule has 3 atom stereocenters. The fourth-order valence-corrected chi connectivity index (χ4v) is 3.98. The number of methoxy groups -OCH3 is 1. The minimum absolute atomic E-state index is 0.100. The van der Waals surface area contributed by atoms with Gasteiger partial charge in [-0.2, -0.15) is 0 Å². The van der Waals surface area contributed by atoms with Crippen LogP contribution in [0, 0.1) is 0 Å². The Hall–Kier alpha value is -3.35. The molecule has 0 spiro atoms. The summed E-state index contributed by atoms with van der Waals surface area (Å²) in [5.74, 6) is 0.0856. The topological polar surface area (TPSA) is 87.7 Å². The molecular formula is C22H23N3O4. The van der Waals surface area contributed by atoms with Crippen molar-refractivity contribution in [2.24, 2.45) is 0 Å². The summed E-state index contributed by atoms with van der Waals surface area (Å²) in [5.41, 5.74) is 1.47. The highest BCUT2D eigenvalue weighted by atomic mass is 16.5. The lowest BCUT2D eigenvalue weighted by atomic mass is 10.0. The van der Waals surface area contributed by atoms with Crippen LogP contribution in [0.15, 0.2) is 54.6 Å². The van der Waals surface area contributed by atoms with Gasteiger partial charge in [0, 0.05) is 24.6 Å². The highest BCUT2D eigenvalue weighted by molar-refractivity contribution is 5.98. The number of amides is 3. The second kappa shape index (κ2) is 7.95. The summed E-state index contributed by atoms with van der Waals surface area (Å²) in [6.45, 7) is 0.331. The lowest BCUT2D eigenvalue weighted by Crippen LogP contribution is -2.61. The lowest BCUT2D eigenvalue weighted by Gasteiger charge is -2.34. The number of nitrogens with one attached hydrogen (secondary N) is 2. The van der Waals surface area contributed by atoms with Gasteiger partial charge in [-0.05, 0) is 30.2 Å². The molecule has 0 saturated carbocycles. The number of carbonyl (C=O) groups is 3. The molecule has 0 bridgehead atoms. The normalized spacial score (nSPS) is 23.3. The summed E-state index contributed by atoms with van der Waals surface area (Å²) in [4.78, 5) is 39.7. The smallest absolute Gasteiger partial charge is 0.251 e. The van der Waals surface area contributed by atoms with Gasteiger partial charge in [0.05, 0.1) is 7.11 Å². The fourth-order valence-electron chi connectivity index (χ4n) is 3.98. The summed E-state index contributed by atoms with van der Waals surface area (Å²) in [7, 11) is 1.54. The van der Waals surface area contributed by atoms with Crippen LogP contribution in [-0.2, 0) is 16.0 Å². The number of carbonyl (C=O) groups excluding carboxylic acids is 3. The third-order valence-electron chi connectivity index (χ3n) is 5.45. The molecule has 3 amide bonds. The molecule has 2 aromatic carbocycles. The van der Waals surface area contributed by atoms with Crippen LogP contribution >= 0.6 is 0 Å². The Morgan fingerprint density at radius 2 is 1.97 bits per heavy atom. The van der Waals surface area contributed by atoms with Crippen LogP contribution in [0.2, 0.25) is 0 Å². The first kappa shape index (κ1) is 19.0. The molecule has 7 heteroatoms. The van der Waals surface area contributed by atoms with Crippen molar-refractivity contribution in [1.29, 1.82) is 0 Å². The molecule has 4 rings (SSSR count). The van der Waals surface area contributed by atoms with E-state index in [1.807, 2.05) is 30.3 Å². The molecule has 7 nitrogen and oxygen atoms in total. The van der Waals surface area contributed by atoms with Gasteiger partial charge in [0.2, 0.25) is 11.8 Å². The number of rotatable bonds is 5. The highest BCUT2D eigenvalue weighted by Crippen LogP contribution is 2.24. The first-order chi connectivity index (χ1) is 14.0. The third kappa shape index (κ3) is 3.94. The maximum atomic E-state index is 12.9. The first-order valence-electron chi connectivity index (χ1n) is 9.65. The third-order valence-corrected chi connectivity index (χ3v) is 5.45.